The Morgan fingerprint density at radius 3 is 2.17 bits per heavy atom. The van der Waals surface area contributed by atoms with Gasteiger partial charge >= 0.3 is 12.1 Å². The number of carbonyl (C=O) groups is 1. The van der Waals surface area contributed by atoms with E-state index in [4.69, 9.17) is 9.90 Å². The normalized spacial score (nSPS) is 23.4. The Labute approximate surface area is 175 Å². The maximum Gasteiger partial charge on any atom is 0.490 e. The molecule has 2 aliphatic rings. The zero-order chi connectivity index (χ0) is 22.8. The molecule has 10 heteroatoms. The van der Waals surface area contributed by atoms with Gasteiger partial charge in [0.05, 0.1) is 4.90 Å². The van der Waals surface area contributed by atoms with Crippen LogP contribution < -0.4 is 0 Å². The molecule has 30 heavy (non-hydrogen) atoms. The number of halogens is 3. The van der Waals surface area contributed by atoms with Gasteiger partial charge in [0.25, 0.3) is 0 Å². The number of alkyl halides is 3. The van der Waals surface area contributed by atoms with Gasteiger partial charge in [-0.2, -0.15) is 17.5 Å². The van der Waals surface area contributed by atoms with Gasteiger partial charge in [-0.1, -0.05) is 39.0 Å². The van der Waals surface area contributed by atoms with Gasteiger partial charge in [-0.15, -0.1) is 0 Å². The van der Waals surface area contributed by atoms with Crippen molar-refractivity contribution in [3.63, 3.8) is 0 Å². The molecule has 0 saturated carbocycles. The van der Waals surface area contributed by atoms with Crippen LogP contribution in [0.25, 0.3) is 0 Å². The molecule has 1 spiro atoms. The molecule has 3 rings (SSSR count). The van der Waals surface area contributed by atoms with E-state index in [-0.39, 0.29) is 11.0 Å². The van der Waals surface area contributed by atoms with Crippen molar-refractivity contribution in [2.24, 2.45) is 5.41 Å². The molecule has 0 aromatic heterocycles. The fourth-order valence-electron chi connectivity index (χ4n) is 4.04. The highest BCUT2D eigenvalue weighted by atomic mass is 32.2. The Hall–Kier alpha value is -1.65. The number of rotatable bonds is 3. The lowest BCUT2D eigenvalue weighted by atomic mass is 9.90. The average Bonchev–Trinajstić information content (AvgIpc) is 3.22. The van der Waals surface area contributed by atoms with Crippen molar-refractivity contribution in [3.8, 4) is 0 Å². The number of hydrogen-bond acceptors (Lipinski definition) is 4. The fraction of sp³-hybridized carbons (Fsp3) is 0.650. The van der Waals surface area contributed by atoms with Gasteiger partial charge in [0.1, 0.15) is 0 Å². The molecule has 0 aliphatic carbocycles. The number of hydrogen-bond donors (Lipinski definition) is 1. The predicted molar refractivity (Wildman–Crippen MR) is 107 cm³/mol. The number of carboxylic acids is 1. The van der Waals surface area contributed by atoms with E-state index < -0.39 is 22.2 Å². The minimum atomic E-state index is -5.08. The average molecular weight is 451 g/mol. The number of nitrogens with zero attached hydrogens (tertiary/aromatic N) is 2. The van der Waals surface area contributed by atoms with Crippen LogP contribution in [0.4, 0.5) is 13.2 Å². The van der Waals surface area contributed by atoms with E-state index in [0.29, 0.717) is 18.0 Å². The summed E-state index contributed by atoms with van der Waals surface area (Å²) in [7, 11) is -3.36. The fourth-order valence-corrected chi connectivity index (χ4v) is 5.58. The standard InChI is InChI=1S/C18H28N2O2S.C2HF3O2/c1-17(2,3)14-19-12-7-10-18(19)11-13-20(15-18)23(21,22)16-8-5-4-6-9-16;3-2(4,5)1(6)7/h4-6,8-9H,7,10-15H2,1-3H3;(H,6,7). The van der Waals surface area contributed by atoms with Gasteiger partial charge in [0, 0.05) is 25.2 Å². The van der Waals surface area contributed by atoms with Crippen LogP contribution >= 0.6 is 0 Å². The first-order chi connectivity index (χ1) is 13.7. The van der Waals surface area contributed by atoms with E-state index in [9.17, 15) is 21.6 Å². The Bertz CT molecular complexity index is 838. The Balaban J connectivity index is 0.000000396. The topological polar surface area (TPSA) is 77.9 Å². The molecular weight excluding hydrogens is 421 g/mol. The molecule has 0 radical (unpaired) electrons. The van der Waals surface area contributed by atoms with Crippen LogP contribution in [0.2, 0.25) is 0 Å². The molecule has 1 unspecified atom stereocenters. The van der Waals surface area contributed by atoms with E-state index in [2.05, 4.69) is 25.7 Å². The molecule has 170 valence electrons. The molecule has 1 N–H and O–H groups in total. The lowest BCUT2D eigenvalue weighted by molar-refractivity contribution is -0.192. The summed E-state index contributed by atoms with van der Waals surface area (Å²) >= 11 is 0. The van der Waals surface area contributed by atoms with Crippen LogP contribution in [-0.2, 0) is 14.8 Å². The third-order valence-corrected chi connectivity index (χ3v) is 7.19. The summed E-state index contributed by atoms with van der Waals surface area (Å²) in [5, 5.41) is 7.12. The molecule has 2 saturated heterocycles. The number of sulfonamides is 1. The van der Waals surface area contributed by atoms with Crippen LogP contribution in [-0.4, -0.2) is 66.6 Å². The van der Waals surface area contributed by atoms with E-state index in [1.165, 1.54) is 6.42 Å². The van der Waals surface area contributed by atoms with Gasteiger partial charge in [0.2, 0.25) is 10.0 Å². The van der Waals surface area contributed by atoms with Gasteiger partial charge in [-0.25, -0.2) is 13.2 Å². The smallest absolute Gasteiger partial charge is 0.475 e. The van der Waals surface area contributed by atoms with Crippen molar-refractivity contribution in [3.05, 3.63) is 30.3 Å². The van der Waals surface area contributed by atoms with Crippen molar-refractivity contribution in [2.45, 2.75) is 56.6 Å². The minimum Gasteiger partial charge on any atom is -0.475 e. The van der Waals surface area contributed by atoms with Gasteiger partial charge in [-0.3, -0.25) is 4.90 Å². The highest BCUT2D eigenvalue weighted by Crippen LogP contribution is 2.40. The highest BCUT2D eigenvalue weighted by molar-refractivity contribution is 7.89. The van der Waals surface area contributed by atoms with Crippen LogP contribution in [0.1, 0.15) is 40.0 Å². The van der Waals surface area contributed by atoms with Gasteiger partial charge in [-0.05, 0) is 43.4 Å². The second-order valence-electron chi connectivity index (χ2n) is 9.01. The third-order valence-electron chi connectivity index (χ3n) is 5.33. The lowest BCUT2D eigenvalue weighted by Crippen LogP contribution is -2.49. The second kappa shape index (κ2) is 8.84. The van der Waals surface area contributed by atoms with Crippen LogP contribution in [0, 0.1) is 5.41 Å². The van der Waals surface area contributed by atoms with Crippen molar-refractivity contribution in [1.82, 2.24) is 9.21 Å². The van der Waals surface area contributed by atoms with E-state index in [1.54, 1.807) is 28.6 Å². The SMILES string of the molecule is CC(C)(C)CN1CCCC12CCN(S(=O)(=O)c1ccccc1)C2.O=C(O)C(F)(F)F. The van der Waals surface area contributed by atoms with Crippen LogP contribution in [0.5, 0.6) is 0 Å². The molecule has 1 atom stereocenters. The zero-order valence-corrected chi connectivity index (χ0v) is 18.3. The first-order valence-electron chi connectivity index (χ1n) is 9.78. The molecule has 6 nitrogen and oxygen atoms in total. The molecule has 2 aliphatic heterocycles. The number of aliphatic carboxylic acids is 1. The summed E-state index contributed by atoms with van der Waals surface area (Å²) in [4.78, 5) is 11.9. The number of benzene rings is 1. The molecule has 0 bridgehead atoms. The van der Waals surface area contributed by atoms with Crippen LogP contribution in [0.3, 0.4) is 0 Å². The molecule has 1 aromatic carbocycles. The monoisotopic (exact) mass is 450 g/mol. The van der Waals surface area contributed by atoms with E-state index in [0.717, 1.165) is 25.9 Å². The highest BCUT2D eigenvalue weighted by Gasteiger charge is 2.49. The molecular formula is C20H29F3N2O4S. The maximum atomic E-state index is 12.9. The number of likely N-dealkylation sites (tertiary alicyclic amines) is 1. The quantitative estimate of drug-likeness (QED) is 0.762. The maximum absolute atomic E-state index is 12.9. The first kappa shape index (κ1) is 24.6. The summed E-state index contributed by atoms with van der Waals surface area (Å²) in [5.74, 6) is -2.76. The largest absolute Gasteiger partial charge is 0.490 e. The zero-order valence-electron chi connectivity index (χ0n) is 17.4. The lowest BCUT2D eigenvalue weighted by Gasteiger charge is -2.39. The van der Waals surface area contributed by atoms with Crippen LogP contribution in [0.15, 0.2) is 35.2 Å². The summed E-state index contributed by atoms with van der Waals surface area (Å²) in [6.07, 6.45) is -1.84. The van der Waals surface area contributed by atoms with Crippen molar-refractivity contribution < 1.29 is 31.5 Å². The van der Waals surface area contributed by atoms with Crippen molar-refractivity contribution in [1.29, 1.82) is 0 Å². The van der Waals surface area contributed by atoms with Crippen molar-refractivity contribution >= 4 is 16.0 Å². The Morgan fingerprint density at radius 2 is 1.67 bits per heavy atom. The molecule has 2 fully saturated rings. The third kappa shape index (κ3) is 5.95. The Morgan fingerprint density at radius 1 is 1.10 bits per heavy atom. The first-order valence-corrected chi connectivity index (χ1v) is 11.2. The summed E-state index contributed by atoms with van der Waals surface area (Å²) in [6.45, 7) is 10.2. The molecule has 1 aromatic rings. The summed E-state index contributed by atoms with van der Waals surface area (Å²) < 4.78 is 59.2. The molecule has 2 heterocycles. The van der Waals surface area contributed by atoms with Gasteiger partial charge in [0.15, 0.2) is 0 Å². The molecule has 0 amide bonds. The van der Waals surface area contributed by atoms with E-state index in [1.807, 2.05) is 6.07 Å². The second-order valence-corrected chi connectivity index (χ2v) is 11.0. The van der Waals surface area contributed by atoms with Gasteiger partial charge < -0.3 is 5.11 Å². The Kier molecular flexibility index (Phi) is 7.25. The summed E-state index contributed by atoms with van der Waals surface area (Å²) in [5.41, 5.74) is 0.290. The van der Waals surface area contributed by atoms with Crippen molar-refractivity contribution in [2.75, 3.05) is 26.2 Å². The minimum absolute atomic E-state index is 0.0507. The number of carboxylic acid groups (broad SMARTS) is 1. The predicted octanol–water partition coefficient (Wildman–Crippen LogP) is 3.60. The summed E-state index contributed by atoms with van der Waals surface area (Å²) in [6, 6.07) is 8.83. The van der Waals surface area contributed by atoms with E-state index >= 15 is 0 Å².